The van der Waals surface area contributed by atoms with E-state index in [9.17, 15) is 4.79 Å². The number of anilines is 3. The number of pyridine rings is 2. The number of carbonyl (C=O) groups is 1. The van der Waals surface area contributed by atoms with Crippen molar-refractivity contribution in [2.75, 3.05) is 11.1 Å². The van der Waals surface area contributed by atoms with Crippen LogP contribution < -0.4 is 16.8 Å². The molecule has 0 atom stereocenters. The van der Waals surface area contributed by atoms with E-state index in [0.717, 1.165) is 5.39 Å². The van der Waals surface area contributed by atoms with E-state index in [-0.39, 0.29) is 5.69 Å². The van der Waals surface area contributed by atoms with Gasteiger partial charge >= 0.3 is 0 Å². The van der Waals surface area contributed by atoms with Gasteiger partial charge in [-0.05, 0) is 24.3 Å². The quantitative estimate of drug-likeness (QED) is 0.647. The lowest BCUT2D eigenvalue weighted by Crippen LogP contribution is -2.14. The van der Waals surface area contributed by atoms with Crippen LogP contribution in [0.15, 0.2) is 36.5 Å². The number of hydrogen-bond acceptors (Lipinski definition) is 7. The van der Waals surface area contributed by atoms with E-state index in [1.54, 1.807) is 24.4 Å². The van der Waals surface area contributed by atoms with Gasteiger partial charge in [0, 0.05) is 17.6 Å². The van der Waals surface area contributed by atoms with Crippen LogP contribution in [-0.4, -0.2) is 26.1 Å². The Kier molecular flexibility index (Phi) is 3.03. The highest BCUT2D eigenvalue weighted by atomic mass is 16.1. The second kappa shape index (κ2) is 5.00. The van der Waals surface area contributed by atoms with Crippen molar-refractivity contribution in [2.24, 2.45) is 5.73 Å². The summed E-state index contributed by atoms with van der Waals surface area (Å²) in [6, 6.07) is 8.43. The Bertz CT molecular complexity index is 816. The van der Waals surface area contributed by atoms with Gasteiger partial charge in [0.25, 0.3) is 5.91 Å². The third kappa shape index (κ3) is 2.54. The Morgan fingerprint density at radius 2 is 2.00 bits per heavy atom. The molecule has 8 heteroatoms. The van der Waals surface area contributed by atoms with Crippen molar-refractivity contribution in [1.82, 2.24) is 20.2 Å². The molecule has 0 aliphatic rings. The smallest absolute Gasteiger partial charge is 0.269 e. The lowest BCUT2D eigenvalue weighted by molar-refractivity contribution is 0.0994. The van der Waals surface area contributed by atoms with Gasteiger partial charge in [0.2, 0.25) is 0 Å². The molecule has 3 rings (SSSR count). The molecule has 0 radical (unpaired) electrons. The number of aromatic nitrogens is 4. The van der Waals surface area contributed by atoms with Crippen LogP contribution in [0.5, 0.6) is 0 Å². The summed E-state index contributed by atoms with van der Waals surface area (Å²) in [7, 11) is 0. The minimum Gasteiger partial charge on any atom is -0.383 e. The molecular weight excluding hydrogens is 270 g/mol. The Hall–Kier alpha value is -3.29. The van der Waals surface area contributed by atoms with E-state index in [0.29, 0.717) is 23.0 Å². The van der Waals surface area contributed by atoms with E-state index >= 15 is 0 Å². The standard InChI is InChI=1S/C13H11N7O/c14-12-7-2-1-5-16-9(7)6-11(18-12)17-10-4-3-8(13(15)21)19-20-10/h1-6H,(H2,15,21)(H3,14,17,18,20). The van der Waals surface area contributed by atoms with Gasteiger partial charge in [-0.15, -0.1) is 10.2 Å². The van der Waals surface area contributed by atoms with Gasteiger partial charge in [-0.25, -0.2) is 4.98 Å². The highest BCUT2D eigenvalue weighted by molar-refractivity contribution is 5.91. The number of fused-ring (bicyclic) bond motifs is 1. The number of carbonyl (C=O) groups excluding carboxylic acids is 1. The fourth-order valence-electron chi connectivity index (χ4n) is 1.83. The Labute approximate surface area is 119 Å². The van der Waals surface area contributed by atoms with E-state index in [4.69, 9.17) is 11.5 Å². The van der Waals surface area contributed by atoms with Gasteiger partial charge in [0.05, 0.1) is 5.52 Å². The molecule has 0 spiro atoms. The summed E-state index contributed by atoms with van der Waals surface area (Å²) in [5.41, 5.74) is 11.8. The first-order valence-electron chi connectivity index (χ1n) is 6.05. The maximum atomic E-state index is 10.9. The summed E-state index contributed by atoms with van der Waals surface area (Å²) in [6.07, 6.45) is 1.67. The topological polar surface area (TPSA) is 133 Å². The fourth-order valence-corrected chi connectivity index (χ4v) is 1.83. The molecular formula is C13H11N7O. The number of nitrogens with zero attached hydrogens (tertiary/aromatic N) is 4. The van der Waals surface area contributed by atoms with Crippen LogP contribution in [0.1, 0.15) is 10.5 Å². The molecule has 8 nitrogen and oxygen atoms in total. The summed E-state index contributed by atoms with van der Waals surface area (Å²) in [6.45, 7) is 0. The third-order valence-corrected chi connectivity index (χ3v) is 2.80. The van der Waals surface area contributed by atoms with Crippen LogP contribution in [-0.2, 0) is 0 Å². The number of primary amides is 1. The monoisotopic (exact) mass is 281 g/mol. The van der Waals surface area contributed by atoms with Gasteiger partial charge in [0.15, 0.2) is 11.5 Å². The summed E-state index contributed by atoms with van der Waals surface area (Å²) in [4.78, 5) is 19.4. The minimum absolute atomic E-state index is 0.0909. The third-order valence-electron chi connectivity index (χ3n) is 2.80. The van der Waals surface area contributed by atoms with Gasteiger partial charge in [0.1, 0.15) is 11.6 Å². The highest BCUT2D eigenvalue weighted by Gasteiger charge is 2.06. The number of amides is 1. The van der Waals surface area contributed by atoms with Crippen molar-refractivity contribution in [3.8, 4) is 0 Å². The van der Waals surface area contributed by atoms with Gasteiger partial charge < -0.3 is 16.8 Å². The van der Waals surface area contributed by atoms with Gasteiger partial charge in [-0.1, -0.05) is 0 Å². The molecule has 0 aliphatic carbocycles. The van der Waals surface area contributed by atoms with E-state index < -0.39 is 5.91 Å². The Morgan fingerprint density at radius 3 is 2.71 bits per heavy atom. The summed E-state index contributed by atoms with van der Waals surface area (Å²) < 4.78 is 0. The molecule has 0 saturated carbocycles. The lowest BCUT2D eigenvalue weighted by Gasteiger charge is -2.07. The minimum atomic E-state index is -0.633. The molecule has 0 unspecified atom stereocenters. The van der Waals surface area contributed by atoms with Crippen LogP contribution in [0, 0.1) is 0 Å². The first-order valence-corrected chi connectivity index (χ1v) is 6.05. The molecule has 3 aromatic heterocycles. The number of hydrogen-bond donors (Lipinski definition) is 3. The molecule has 3 heterocycles. The van der Waals surface area contributed by atoms with Crippen LogP contribution >= 0.6 is 0 Å². The fraction of sp³-hybridized carbons (Fsp3) is 0. The average molecular weight is 281 g/mol. The maximum Gasteiger partial charge on any atom is 0.269 e. The molecule has 0 fully saturated rings. The summed E-state index contributed by atoms with van der Waals surface area (Å²) in [5.74, 6) is 0.637. The molecule has 5 N–H and O–H groups in total. The van der Waals surface area contributed by atoms with Gasteiger partial charge in [-0.3, -0.25) is 9.78 Å². The van der Waals surface area contributed by atoms with E-state index in [2.05, 4.69) is 25.5 Å². The molecule has 21 heavy (non-hydrogen) atoms. The van der Waals surface area contributed by atoms with Crippen molar-refractivity contribution in [3.05, 3.63) is 42.2 Å². The first kappa shape index (κ1) is 12.7. The summed E-state index contributed by atoms with van der Waals surface area (Å²) >= 11 is 0. The average Bonchev–Trinajstić information content (AvgIpc) is 2.48. The Balaban J connectivity index is 1.92. The normalized spacial score (nSPS) is 10.5. The number of nitrogens with one attached hydrogen (secondary N) is 1. The second-order valence-corrected chi connectivity index (χ2v) is 4.26. The largest absolute Gasteiger partial charge is 0.383 e. The predicted molar refractivity (Wildman–Crippen MR) is 77.8 cm³/mol. The highest BCUT2D eigenvalue weighted by Crippen LogP contribution is 2.22. The molecule has 0 aromatic carbocycles. The molecule has 0 bridgehead atoms. The molecule has 1 amide bonds. The van der Waals surface area contributed by atoms with Crippen LogP contribution in [0.25, 0.3) is 10.9 Å². The Morgan fingerprint density at radius 1 is 1.14 bits per heavy atom. The van der Waals surface area contributed by atoms with Crippen LogP contribution in [0.4, 0.5) is 17.5 Å². The number of rotatable bonds is 3. The van der Waals surface area contributed by atoms with Crippen molar-refractivity contribution in [3.63, 3.8) is 0 Å². The zero-order valence-electron chi connectivity index (χ0n) is 10.8. The first-order chi connectivity index (χ1) is 10.1. The zero-order valence-corrected chi connectivity index (χ0v) is 10.8. The zero-order chi connectivity index (χ0) is 14.8. The second-order valence-electron chi connectivity index (χ2n) is 4.26. The van der Waals surface area contributed by atoms with Crippen molar-refractivity contribution in [2.45, 2.75) is 0 Å². The maximum absolute atomic E-state index is 10.9. The number of nitrogen functional groups attached to an aromatic ring is 1. The van der Waals surface area contributed by atoms with Gasteiger partial charge in [-0.2, -0.15) is 0 Å². The predicted octanol–water partition coefficient (Wildman–Crippen LogP) is 0.844. The van der Waals surface area contributed by atoms with Crippen LogP contribution in [0.2, 0.25) is 0 Å². The van der Waals surface area contributed by atoms with Crippen molar-refractivity contribution < 1.29 is 4.79 Å². The van der Waals surface area contributed by atoms with E-state index in [1.807, 2.05) is 6.07 Å². The van der Waals surface area contributed by atoms with Crippen molar-refractivity contribution in [1.29, 1.82) is 0 Å². The van der Waals surface area contributed by atoms with Crippen molar-refractivity contribution >= 4 is 34.3 Å². The van der Waals surface area contributed by atoms with E-state index in [1.165, 1.54) is 6.07 Å². The number of nitrogens with two attached hydrogens (primary N) is 2. The van der Waals surface area contributed by atoms with Crippen LogP contribution in [0.3, 0.4) is 0 Å². The molecule has 0 aliphatic heterocycles. The molecule has 104 valence electrons. The molecule has 3 aromatic rings. The molecule has 0 saturated heterocycles. The SMILES string of the molecule is NC(=O)c1ccc(Nc2cc3ncccc3c(N)n2)nn1. The lowest BCUT2D eigenvalue weighted by atomic mass is 10.2. The summed E-state index contributed by atoms with van der Waals surface area (Å²) in [5, 5.41) is 11.3.